The Bertz CT molecular complexity index is 1270. The molecule has 0 spiro atoms. The molecule has 4 rings (SSSR count). The number of methoxy groups -OCH3 is 1. The minimum Gasteiger partial charge on any atom is -0.505 e. The fraction of sp³-hybridized carbons (Fsp3) is 0.318. The Kier molecular flexibility index (Phi) is 6.31. The van der Waals surface area contributed by atoms with E-state index < -0.39 is 28.9 Å². The largest absolute Gasteiger partial charge is 0.505 e. The predicted molar refractivity (Wildman–Crippen MR) is 116 cm³/mol. The van der Waals surface area contributed by atoms with Crippen LogP contribution in [0.2, 0.25) is 0 Å². The number of carbonyl (C=O) groups is 1. The average molecular weight is 456 g/mol. The number of amides is 1. The van der Waals surface area contributed by atoms with E-state index in [-0.39, 0.29) is 48.8 Å². The van der Waals surface area contributed by atoms with Crippen LogP contribution in [0.3, 0.4) is 0 Å². The summed E-state index contributed by atoms with van der Waals surface area (Å²) in [6.07, 6.45) is 1.01. The summed E-state index contributed by atoms with van der Waals surface area (Å²) in [5.41, 5.74) is 0.364. The van der Waals surface area contributed by atoms with Crippen LogP contribution in [0, 0.1) is 10.7 Å². The molecule has 0 aliphatic carbocycles. The van der Waals surface area contributed by atoms with Crippen LogP contribution in [-0.4, -0.2) is 53.5 Å². The van der Waals surface area contributed by atoms with Crippen molar-refractivity contribution in [2.24, 2.45) is 5.18 Å². The molecule has 2 N–H and O–H groups in total. The Labute approximate surface area is 186 Å². The molecule has 1 atom stereocenters. The first-order valence-electron chi connectivity index (χ1n) is 10.2. The molecule has 10 nitrogen and oxygen atoms in total. The number of ether oxygens (including phenoxy) is 2. The first-order valence-corrected chi connectivity index (χ1v) is 10.2. The van der Waals surface area contributed by atoms with Crippen LogP contribution >= 0.6 is 0 Å². The number of nitrogens with zero attached hydrogens (tertiary/aromatic N) is 3. The van der Waals surface area contributed by atoms with Crippen molar-refractivity contribution >= 4 is 16.9 Å². The van der Waals surface area contributed by atoms with Crippen molar-refractivity contribution in [1.82, 2.24) is 14.9 Å². The summed E-state index contributed by atoms with van der Waals surface area (Å²) < 4.78 is 25.4. The maximum Gasteiger partial charge on any atom is 0.268 e. The van der Waals surface area contributed by atoms with E-state index in [0.717, 1.165) is 5.56 Å². The lowest BCUT2D eigenvalue weighted by Gasteiger charge is -2.28. The maximum absolute atomic E-state index is 13.3. The molecule has 1 aliphatic heterocycles. The predicted octanol–water partition coefficient (Wildman–Crippen LogP) is 1.74. The lowest BCUT2D eigenvalue weighted by Crippen LogP contribution is -2.40. The molecular formula is C22H21FN4O6. The monoisotopic (exact) mass is 456 g/mol. The van der Waals surface area contributed by atoms with Gasteiger partial charge in [0.05, 0.1) is 13.2 Å². The van der Waals surface area contributed by atoms with Gasteiger partial charge in [0.15, 0.2) is 11.5 Å². The van der Waals surface area contributed by atoms with E-state index in [9.17, 15) is 24.0 Å². The molecule has 0 radical (unpaired) electrons. The van der Waals surface area contributed by atoms with E-state index >= 15 is 0 Å². The minimum atomic E-state index is -0.768. The van der Waals surface area contributed by atoms with Gasteiger partial charge in [-0.25, -0.2) is 4.39 Å². The third-order valence-corrected chi connectivity index (χ3v) is 5.35. The van der Waals surface area contributed by atoms with Gasteiger partial charge < -0.3 is 19.9 Å². The summed E-state index contributed by atoms with van der Waals surface area (Å²) in [5.74, 6) is -1.45. The highest BCUT2D eigenvalue weighted by Crippen LogP contribution is 2.37. The molecule has 1 aromatic carbocycles. The van der Waals surface area contributed by atoms with Crippen LogP contribution in [0.5, 0.6) is 11.5 Å². The topological polar surface area (TPSA) is 132 Å². The summed E-state index contributed by atoms with van der Waals surface area (Å²) in [7, 11) is 1.47. The van der Waals surface area contributed by atoms with Gasteiger partial charge in [0.2, 0.25) is 0 Å². The summed E-state index contributed by atoms with van der Waals surface area (Å²) >= 11 is 0. The molecule has 0 saturated heterocycles. The number of carbonyl (C=O) groups excluding carboxylic acids is 1. The van der Waals surface area contributed by atoms with Crippen molar-refractivity contribution in [2.75, 3.05) is 26.8 Å². The summed E-state index contributed by atoms with van der Waals surface area (Å²) in [4.78, 5) is 41.1. The lowest BCUT2D eigenvalue weighted by molar-refractivity contribution is 0.0931. The van der Waals surface area contributed by atoms with Gasteiger partial charge in [-0.15, -0.1) is 0 Å². The zero-order valence-corrected chi connectivity index (χ0v) is 17.7. The van der Waals surface area contributed by atoms with Crippen LogP contribution in [0.15, 0.2) is 40.4 Å². The molecule has 0 bridgehead atoms. The quantitative estimate of drug-likeness (QED) is 0.390. The molecule has 11 heteroatoms. The van der Waals surface area contributed by atoms with Gasteiger partial charge in [-0.3, -0.25) is 19.1 Å². The van der Waals surface area contributed by atoms with Crippen LogP contribution < -0.4 is 15.6 Å². The first-order chi connectivity index (χ1) is 15.9. The number of hydrogen-bond donors (Lipinski definition) is 2. The van der Waals surface area contributed by atoms with Gasteiger partial charge in [-0.1, -0.05) is 17.3 Å². The van der Waals surface area contributed by atoms with Crippen molar-refractivity contribution in [1.29, 1.82) is 0 Å². The van der Waals surface area contributed by atoms with E-state index in [1.807, 2.05) is 0 Å². The van der Waals surface area contributed by atoms with Crippen molar-refractivity contribution in [3.63, 3.8) is 0 Å². The third-order valence-electron chi connectivity index (χ3n) is 5.35. The van der Waals surface area contributed by atoms with E-state index in [1.54, 1.807) is 12.1 Å². The Hall–Kier alpha value is -3.86. The van der Waals surface area contributed by atoms with Gasteiger partial charge in [-0.05, 0) is 17.7 Å². The van der Waals surface area contributed by atoms with Crippen LogP contribution in [0.1, 0.15) is 21.5 Å². The Morgan fingerprint density at radius 3 is 2.85 bits per heavy atom. The number of nitrogens with one attached hydrogen (secondary N) is 1. The number of halogens is 1. The van der Waals surface area contributed by atoms with Gasteiger partial charge in [0.1, 0.15) is 35.1 Å². The van der Waals surface area contributed by atoms with E-state index in [1.165, 1.54) is 30.0 Å². The average Bonchev–Trinajstić information content (AvgIpc) is 2.80. The highest BCUT2D eigenvalue weighted by molar-refractivity contribution is 6.02. The summed E-state index contributed by atoms with van der Waals surface area (Å²) in [6.45, 7) is 0.100. The molecular weight excluding hydrogens is 435 g/mol. The fourth-order valence-electron chi connectivity index (χ4n) is 3.80. The van der Waals surface area contributed by atoms with Crippen LogP contribution in [0.4, 0.5) is 4.39 Å². The van der Waals surface area contributed by atoms with Crippen molar-refractivity contribution in [3.8, 4) is 11.5 Å². The Morgan fingerprint density at radius 2 is 2.15 bits per heavy atom. The van der Waals surface area contributed by atoms with Crippen LogP contribution in [-0.2, 0) is 17.7 Å². The highest BCUT2D eigenvalue weighted by Gasteiger charge is 2.31. The molecule has 3 heterocycles. The molecule has 2 aromatic heterocycles. The zero-order valence-electron chi connectivity index (χ0n) is 17.7. The first kappa shape index (κ1) is 22.3. The molecule has 33 heavy (non-hydrogen) atoms. The third kappa shape index (κ3) is 4.27. The number of aromatic hydroxyl groups is 1. The summed E-state index contributed by atoms with van der Waals surface area (Å²) in [6, 6.07) is 5.87. The van der Waals surface area contributed by atoms with Crippen molar-refractivity contribution in [3.05, 3.63) is 68.2 Å². The lowest BCUT2D eigenvalue weighted by atomic mass is 10.0. The second-order valence-electron chi connectivity index (χ2n) is 7.55. The highest BCUT2D eigenvalue weighted by atomic mass is 19.1. The number of rotatable bonds is 8. The fourth-order valence-corrected chi connectivity index (χ4v) is 3.80. The second-order valence-corrected chi connectivity index (χ2v) is 7.55. The van der Waals surface area contributed by atoms with E-state index in [2.05, 4.69) is 15.5 Å². The molecule has 3 aromatic rings. The molecule has 1 amide bonds. The van der Waals surface area contributed by atoms with Gasteiger partial charge in [-0.2, -0.15) is 4.91 Å². The number of nitroso groups, excluding NO2 is 1. The maximum atomic E-state index is 13.3. The molecule has 1 aliphatic rings. The van der Waals surface area contributed by atoms with Gasteiger partial charge in [0, 0.05) is 31.8 Å². The molecule has 0 fully saturated rings. The van der Waals surface area contributed by atoms with Crippen molar-refractivity contribution < 1.29 is 23.8 Å². The van der Waals surface area contributed by atoms with Gasteiger partial charge in [0.25, 0.3) is 11.5 Å². The Morgan fingerprint density at radius 1 is 1.39 bits per heavy atom. The minimum absolute atomic E-state index is 0.0156. The smallest absolute Gasteiger partial charge is 0.268 e. The number of hydrogen-bond acceptors (Lipinski definition) is 8. The molecule has 0 saturated carbocycles. The number of aromatic nitrogens is 2. The van der Waals surface area contributed by atoms with E-state index in [4.69, 9.17) is 9.47 Å². The summed E-state index contributed by atoms with van der Waals surface area (Å²) in [5, 5.41) is 16.2. The standard InChI is InChI=1S/C22H21FN4O6/c1-32-7-6-24-21(29)16-19(28)17-18-20(33-15(10-26-31)11-27(18)22(16)30)13(9-25-17)8-12-2-4-14(23)5-3-12/h2-5,9,15,28H,6-8,10-11H2,1H3,(H,24,29). The number of pyridine rings is 2. The normalized spacial score (nSPS) is 14.7. The van der Waals surface area contributed by atoms with Gasteiger partial charge >= 0.3 is 0 Å². The van der Waals surface area contributed by atoms with E-state index in [0.29, 0.717) is 12.0 Å². The Balaban J connectivity index is 1.86. The van der Waals surface area contributed by atoms with Crippen LogP contribution in [0.25, 0.3) is 11.0 Å². The van der Waals surface area contributed by atoms with Crippen molar-refractivity contribution in [2.45, 2.75) is 19.1 Å². The zero-order chi connectivity index (χ0) is 23.5. The molecule has 1 unspecified atom stereocenters. The number of benzene rings is 1. The second kappa shape index (κ2) is 9.33. The molecule has 172 valence electrons. The SMILES string of the molecule is COCCNC(=O)c1c(O)c2ncc(Cc3ccc(F)cc3)c3c2n(c1=O)CC(CN=O)O3.